The standard InChI is InChI=1S/C17H32N2O2/c1-14(2)11-16(3,4)12-15(20)19-8-5-17(6-9-19)13-18-7-10-21-17/h14,18H,5-13H2,1-4H3. The molecule has 0 saturated carbocycles. The van der Waals surface area contributed by atoms with E-state index < -0.39 is 0 Å². The molecule has 1 spiro atoms. The maximum atomic E-state index is 12.5. The van der Waals surface area contributed by atoms with Crippen LogP contribution < -0.4 is 5.32 Å². The molecule has 21 heavy (non-hydrogen) atoms. The van der Waals surface area contributed by atoms with Gasteiger partial charge < -0.3 is 15.0 Å². The van der Waals surface area contributed by atoms with E-state index in [1.165, 1.54) is 0 Å². The van der Waals surface area contributed by atoms with Crippen molar-refractivity contribution >= 4 is 5.91 Å². The molecule has 122 valence electrons. The van der Waals surface area contributed by atoms with Crippen LogP contribution in [0.5, 0.6) is 0 Å². The van der Waals surface area contributed by atoms with Gasteiger partial charge in [-0.2, -0.15) is 0 Å². The van der Waals surface area contributed by atoms with Gasteiger partial charge in [0, 0.05) is 32.6 Å². The molecule has 2 fully saturated rings. The van der Waals surface area contributed by atoms with Crippen LogP contribution in [0.15, 0.2) is 0 Å². The molecule has 0 bridgehead atoms. The van der Waals surface area contributed by atoms with Gasteiger partial charge in [0.15, 0.2) is 0 Å². The molecule has 0 aromatic carbocycles. The Labute approximate surface area is 129 Å². The number of hydrogen-bond donors (Lipinski definition) is 1. The third-order valence-corrected chi connectivity index (χ3v) is 4.75. The van der Waals surface area contributed by atoms with Crippen molar-refractivity contribution in [2.24, 2.45) is 11.3 Å². The third kappa shape index (κ3) is 4.68. The highest BCUT2D eigenvalue weighted by atomic mass is 16.5. The largest absolute Gasteiger partial charge is 0.372 e. The number of amides is 1. The lowest BCUT2D eigenvalue weighted by Crippen LogP contribution is -2.56. The first-order valence-electron chi connectivity index (χ1n) is 8.44. The topological polar surface area (TPSA) is 41.6 Å². The predicted octanol–water partition coefficient (Wildman–Crippen LogP) is 2.43. The second-order valence-electron chi connectivity index (χ2n) is 8.03. The summed E-state index contributed by atoms with van der Waals surface area (Å²) in [7, 11) is 0. The molecule has 0 aromatic rings. The smallest absolute Gasteiger partial charge is 0.223 e. The Bertz CT molecular complexity index is 350. The van der Waals surface area contributed by atoms with Crippen molar-refractivity contribution < 1.29 is 9.53 Å². The van der Waals surface area contributed by atoms with Crippen LogP contribution >= 0.6 is 0 Å². The van der Waals surface area contributed by atoms with E-state index in [0.29, 0.717) is 18.2 Å². The number of nitrogens with zero attached hydrogens (tertiary/aromatic N) is 1. The number of carbonyl (C=O) groups excluding carboxylic acids is 1. The fourth-order valence-corrected chi connectivity index (χ4v) is 3.89. The van der Waals surface area contributed by atoms with Crippen LogP contribution in [0, 0.1) is 11.3 Å². The summed E-state index contributed by atoms with van der Waals surface area (Å²) < 4.78 is 5.99. The van der Waals surface area contributed by atoms with E-state index in [1.54, 1.807) is 0 Å². The summed E-state index contributed by atoms with van der Waals surface area (Å²) in [5.41, 5.74) is 0.0890. The van der Waals surface area contributed by atoms with Crippen molar-refractivity contribution in [3.8, 4) is 0 Å². The minimum absolute atomic E-state index is 0.0114. The number of morpholine rings is 1. The molecule has 2 aliphatic rings. The van der Waals surface area contributed by atoms with Gasteiger partial charge in [0.1, 0.15) is 0 Å². The lowest BCUT2D eigenvalue weighted by Gasteiger charge is -2.44. The highest BCUT2D eigenvalue weighted by Crippen LogP contribution is 2.32. The molecule has 4 nitrogen and oxygen atoms in total. The zero-order valence-electron chi connectivity index (χ0n) is 14.2. The molecular weight excluding hydrogens is 264 g/mol. The predicted molar refractivity (Wildman–Crippen MR) is 85.2 cm³/mol. The van der Waals surface area contributed by atoms with E-state index in [1.807, 2.05) is 4.90 Å². The Hall–Kier alpha value is -0.610. The van der Waals surface area contributed by atoms with Gasteiger partial charge in [-0.25, -0.2) is 0 Å². The molecule has 0 aliphatic carbocycles. The zero-order valence-corrected chi connectivity index (χ0v) is 14.2. The van der Waals surface area contributed by atoms with Crippen LogP contribution in [-0.2, 0) is 9.53 Å². The first kappa shape index (κ1) is 16.8. The molecule has 2 saturated heterocycles. The minimum Gasteiger partial charge on any atom is -0.372 e. The summed E-state index contributed by atoms with van der Waals surface area (Å²) >= 11 is 0. The number of rotatable bonds is 4. The summed E-state index contributed by atoms with van der Waals surface area (Å²) in [4.78, 5) is 14.6. The molecule has 1 amide bonds. The molecule has 2 heterocycles. The van der Waals surface area contributed by atoms with Gasteiger partial charge in [-0.3, -0.25) is 4.79 Å². The van der Waals surface area contributed by atoms with Crippen molar-refractivity contribution in [3.63, 3.8) is 0 Å². The monoisotopic (exact) mass is 296 g/mol. The molecule has 0 radical (unpaired) electrons. The lowest BCUT2D eigenvalue weighted by molar-refractivity contribution is -0.142. The maximum absolute atomic E-state index is 12.5. The van der Waals surface area contributed by atoms with E-state index in [4.69, 9.17) is 4.74 Å². The average Bonchev–Trinajstić information content (AvgIpc) is 2.38. The van der Waals surface area contributed by atoms with Gasteiger partial charge in [0.25, 0.3) is 0 Å². The Morgan fingerprint density at radius 3 is 2.52 bits per heavy atom. The number of likely N-dealkylation sites (tertiary alicyclic amines) is 1. The number of carbonyl (C=O) groups is 1. The second kappa shape index (κ2) is 6.66. The Morgan fingerprint density at radius 2 is 2.00 bits per heavy atom. The van der Waals surface area contributed by atoms with Gasteiger partial charge in [-0.1, -0.05) is 27.7 Å². The van der Waals surface area contributed by atoms with Crippen LogP contribution in [0.1, 0.15) is 53.4 Å². The van der Waals surface area contributed by atoms with E-state index in [-0.39, 0.29) is 11.0 Å². The highest BCUT2D eigenvalue weighted by Gasteiger charge is 2.38. The van der Waals surface area contributed by atoms with Crippen molar-refractivity contribution in [3.05, 3.63) is 0 Å². The average molecular weight is 296 g/mol. The summed E-state index contributed by atoms with van der Waals surface area (Å²) in [6.07, 6.45) is 3.70. The molecule has 0 unspecified atom stereocenters. The Balaban J connectivity index is 1.82. The van der Waals surface area contributed by atoms with Crippen LogP contribution in [0.2, 0.25) is 0 Å². The maximum Gasteiger partial charge on any atom is 0.223 e. The Morgan fingerprint density at radius 1 is 1.33 bits per heavy atom. The fourth-order valence-electron chi connectivity index (χ4n) is 3.89. The van der Waals surface area contributed by atoms with Gasteiger partial charge in [0.05, 0.1) is 12.2 Å². The first-order valence-corrected chi connectivity index (χ1v) is 8.44. The first-order chi connectivity index (χ1) is 9.82. The molecular formula is C17H32N2O2. The van der Waals surface area contributed by atoms with E-state index in [2.05, 4.69) is 33.0 Å². The lowest BCUT2D eigenvalue weighted by atomic mass is 9.80. The number of hydrogen-bond acceptors (Lipinski definition) is 3. The summed E-state index contributed by atoms with van der Waals surface area (Å²) in [5.74, 6) is 0.957. The molecule has 2 aliphatic heterocycles. The van der Waals surface area contributed by atoms with Crippen LogP contribution in [-0.4, -0.2) is 49.2 Å². The fraction of sp³-hybridized carbons (Fsp3) is 0.941. The van der Waals surface area contributed by atoms with E-state index >= 15 is 0 Å². The third-order valence-electron chi connectivity index (χ3n) is 4.75. The summed E-state index contributed by atoms with van der Waals surface area (Å²) in [6, 6.07) is 0. The second-order valence-corrected chi connectivity index (χ2v) is 8.03. The van der Waals surface area contributed by atoms with Crippen molar-refractivity contribution in [1.29, 1.82) is 0 Å². The van der Waals surface area contributed by atoms with Gasteiger partial charge in [0.2, 0.25) is 5.91 Å². The highest BCUT2D eigenvalue weighted by molar-refractivity contribution is 5.77. The van der Waals surface area contributed by atoms with Crippen molar-refractivity contribution in [1.82, 2.24) is 10.2 Å². The molecule has 0 aromatic heterocycles. The van der Waals surface area contributed by atoms with Crippen molar-refractivity contribution in [2.45, 2.75) is 59.0 Å². The Kier molecular flexibility index (Phi) is 5.31. The molecule has 2 rings (SSSR count). The van der Waals surface area contributed by atoms with Crippen LogP contribution in [0.3, 0.4) is 0 Å². The van der Waals surface area contributed by atoms with Crippen molar-refractivity contribution in [2.75, 3.05) is 32.8 Å². The molecule has 1 N–H and O–H groups in total. The molecule has 4 heteroatoms. The minimum atomic E-state index is -0.0114. The van der Waals surface area contributed by atoms with Crippen LogP contribution in [0.4, 0.5) is 0 Å². The summed E-state index contributed by atoms with van der Waals surface area (Å²) in [5, 5.41) is 3.42. The summed E-state index contributed by atoms with van der Waals surface area (Å²) in [6.45, 7) is 13.3. The van der Waals surface area contributed by atoms with E-state index in [0.717, 1.165) is 52.0 Å². The number of nitrogens with one attached hydrogen (secondary N) is 1. The van der Waals surface area contributed by atoms with Gasteiger partial charge >= 0.3 is 0 Å². The number of piperidine rings is 1. The molecule has 0 atom stereocenters. The normalized spacial score (nSPS) is 22.8. The van der Waals surface area contributed by atoms with Crippen LogP contribution in [0.25, 0.3) is 0 Å². The quantitative estimate of drug-likeness (QED) is 0.866. The van der Waals surface area contributed by atoms with E-state index in [9.17, 15) is 4.79 Å². The van der Waals surface area contributed by atoms with Gasteiger partial charge in [-0.05, 0) is 30.6 Å². The number of ether oxygens (including phenoxy) is 1. The van der Waals surface area contributed by atoms with Gasteiger partial charge in [-0.15, -0.1) is 0 Å². The zero-order chi connectivity index (χ0) is 15.5. The SMILES string of the molecule is CC(C)CC(C)(C)CC(=O)N1CCC2(CC1)CNCCO2.